The van der Waals surface area contributed by atoms with Gasteiger partial charge in [0.15, 0.2) is 5.78 Å². The fourth-order valence-electron chi connectivity index (χ4n) is 2.83. The van der Waals surface area contributed by atoms with Gasteiger partial charge in [-0.25, -0.2) is 4.39 Å². The number of Topliss-reactive ketones (excluding diaryl/α,β-unsaturated/α-hetero) is 1. The maximum absolute atomic E-state index is 13.8. The predicted molar refractivity (Wildman–Crippen MR) is 77.7 cm³/mol. The molecular formula is C17H14ClFO. The first-order valence-corrected chi connectivity index (χ1v) is 7.09. The van der Waals surface area contributed by atoms with Gasteiger partial charge in [0.25, 0.3) is 0 Å². The average Bonchev–Trinajstić information content (AvgIpc) is 2.46. The van der Waals surface area contributed by atoms with E-state index in [1.54, 1.807) is 6.07 Å². The molecule has 0 fully saturated rings. The van der Waals surface area contributed by atoms with Gasteiger partial charge in [0, 0.05) is 10.9 Å². The molecule has 0 aliphatic heterocycles. The van der Waals surface area contributed by atoms with Gasteiger partial charge in [0.1, 0.15) is 5.82 Å². The summed E-state index contributed by atoms with van der Waals surface area (Å²) in [4.78, 5) is 12.5. The second-order valence-corrected chi connectivity index (χ2v) is 5.63. The molecule has 0 amide bonds. The maximum atomic E-state index is 13.8. The zero-order valence-corrected chi connectivity index (χ0v) is 11.7. The monoisotopic (exact) mass is 288 g/mol. The summed E-state index contributed by atoms with van der Waals surface area (Å²) in [7, 11) is 0. The highest BCUT2D eigenvalue weighted by atomic mass is 35.5. The molecule has 102 valence electrons. The zero-order chi connectivity index (χ0) is 14.1. The molecule has 1 atom stereocenters. The Labute approximate surface area is 122 Å². The van der Waals surface area contributed by atoms with E-state index in [1.165, 1.54) is 23.3 Å². The van der Waals surface area contributed by atoms with Gasteiger partial charge >= 0.3 is 0 Å². The van der Waals surface area contributed by atoms with Crippen LogP contribution in [0.15, 0.2) is 42.5 Å². The SMILES string of the molecule is O=C(c1ccc(Cl)cc1F)C1CCc2ccccc2C1. The molecule has 0 saturated carbocycles. The summed E-state index contributed by atoms with van der Waals surface area (Å²) in [5, 5.41) is 0.313. The van der Waals surface area contributed by atoms with Gasteiger partial charge in [-0.15, -0.1) is 0 Å². The number of carbonyl (C=O) groups is 1. The Hall–Kier alpha value is -1.67. The zero-order valence-electron chi connectivity index (χ0n) is 10.9. The van der Waals surface area contributed by atoms with Crippen LogP contribution in [0.1, 0.15) is 27.9 Å². The standard InChI is InChI=1S/C17H14ClFO/c18-14-7-8-15(16(19)10-14)17(20)13-6-5-11-3-1-2-4-12(11)9-13/h1-4,7-8,10,13H,5-6,9H2. The van der Waals surface area contributed by atoms with Crippen LogP contribution in [0.25, 0.3) is 0 Å². The number of hydrogen-bond donors (Lipinski definition) is 0. The predicted octanol–water partition coefficient (Wildman–Crippen LogP) is 4.47. The van der Waals surface area contributed by atoms with Crippen molar-refractivity contribution in [2.24, 2.45) is 5.92 Å². The average molecular weight is 289 g/mol. The van der Waals surface area contributed by atoms with Crippen LogP contribution in [0.2, 0.25) is 5.02 Å². The Balaban J connectivity index is 1.86. The van der Waals surface area contributed by atoms with E-state index in [0.29, 0.717) is 11.4 Å². The first kappa shape index (κ1) is 13.3. The van der Waals surface area contributed by atoms with Gasteiger partial charge < -0.3 is 0 Å². The molecular weight excluding hydrogens is 275 g/mol. The topological polar surface area (TPSA) is 17.1 Å². The molecule has 3 rings (SSSR count). The third kappa shape index (κ3) is 2.48. The van der Waals surface area contributed by atoms with E-state index in [9.17, 15) is 9.18 Å². The second kappa shape index (κ2) is 5.37. The molecule has 2 aromatic rings. The normalized spacial score (nSPS) is 17.6. The van der Waals surface area contributed by atoms with Gasteiger partial charge in [-0.1, -0.05) is 35.9 Å². The first-order valence-electron chi connectivity index (χ1n) is 6.71. The van der Waals surface area contributed by atoms with Crippen LogP contribution in [0.4, 0.5) is 4.39 Å². The van der Waals surface area contributed by atoms with Crippen molar-refractivity contribution in [2.75, 3.05) is 0 Å². The van der Waals surface area contributed by atoms with Crippen LogP contribution >= 0.6 is 11.6 Å². The van der Waals surface area contributed by atoms with E-state index >= 15 is 0 Å². The fraction of sp³-hybridized carbons (Fsp3) is 0.235. The van der Waals surface area contributed by atoms with Crippen molar-refractivity contribution in [1.29, 1.82) is 0 Å². The largest absolute Gasteiger partial charge is 0.294 e. The minimum absolute atomic E-state index is 0.117. The molecule has 0 bridgehead atoms. The van der Waals surface area contributed by atoms with Gasteiger partial charge in [0.2, 0.25) is 0 Å². The van der Waals surface area contributed by atoms with Crippen molar-refractivity contribution >= 4 is 17.4 Å². The van der Waals surface area contributed by atoms with Crippen molar-refractivity contribution in [3.8, 4) is 0 Å². The molecule has 0 heterocycles. The van der Waals surface area contributed by atoms with Crippen LogP contribution in [0.5, 0.6) is 0 Å². The van der Waals surface area contributed by atoms with Crippen LogP contribution in [-0.2, 0) is 12.8 Å². The third-order valence-electron chi connectivity index (χ3n) is 3.91. The van der Waals surface area contributed by atoms with E-state index in [-0.39, 0.29) is 17.3 Å². The summed E-state index contributed by atoms with van der Waals surface area (Å²) in [5.41, 5.74) is 2.65. The minimum atomic E-state index is -0.527. The van der Waals surface area contributed by atoms with Crippen molar-refractivity contribution in [1.82, 2.24) is 0 Å². The molecule has 0 radical (unpaired) electrons. The lowest BCUT2D eigenvalue weighted by molar-refractivity contribution is 0.0904. The first-order chi connectivity index (χ1) is 9.65. The lowest BCUT2D eigenvalue weighted by atomic mass is 9.80. The van der Waals surface area contributed by atoms with Crippen LogP contribution in [0.3, 0.4) is 0 Å². The van der Waals surface area contributed by atoms with E-state index in [2.05, 4.69) is 6.07 Å². The van der Waals surface area contributed by atoms with Crippen molar-refractivity contribution in [3.05, 3.63) is 70.0 Å². The lowest BCUT2D eigenvalue weighted by Gasteiger charge is -2.23. The molecule has 1 unspecified atom stereocenters. The summed E-state index contributed by atoms with van der Waals surface area (Å²) in [6, 6.07) is 12.4. The maximum Gasteiger partial charge on any atom is 0.169 e. The number of carbonyl (C=O) groups excluding carboxylic acids is 1. The minimum Gasteiger partial charge on any atom is -0.294 e. The Morgan fingerprint density at radius 1 is 1.15 bits per heavy atom. The van der Waals surface area contributed by atoms with E-state index < -0.39 is 5.82 Å². The van der Waals surface area contributed by atoms with E-state index in [4.69, 9.17) is 11.6 Å². The molecule has 0 saturated heterocycles. The number of rotatable bonds is 2. The summed E-state index contributed by atoms with van der Waals surface area (Å²) >= 11 is 5.72. The molecule has 3 heteroatoms. The highest BCUT2D eigenvalue weighted by Gasteiger charge is 2.26. The van der Waals surface area contributed by atoms with Gasteiger partial charge in [0.05, 0.1) is 5.56 Å². The van der Waals surface area contributed by atoms with Crippen LogP contribution < -0.4 is 0 Å². The molecule has 20 heavy (non-hydrogen) atoms. The Morgan fingerprint density at radius 2 is 1.90 bits per heavy atom. The van der Waals surface area contributed by atoms with E-state index in [0.717, 1.165) is 12.8 Å². The number of benzene rings is 2. The quantitative estimate of drug-likeness (QED) is 0.745. The number of halogens is 2. The highest BCUT2D eigenvalue weighted by molar-refractivity contribution is 6.30. The highest BCUT2D eigenvalue weighted by Crippen LogP contribution is 2.29. The van der Waals surface area contributed by atoms with Crippen LogP contribution in [-0.4, -0.2) is 5.78 Å². The van der Waals surface area contributed by atoms with E-state index in [1.807, 2.05) is 18.2 Å². The number of fused-ring (bicyclic) bond motifs is 1. The molecule has 0 aromatic heterocycles. The molecule has 1 aliphatic carbocycles. The Morgan fingerprint density at radius 3 is 2.65 bits per heavy atom. The number of aryl methyl sites for hydroxylation is 1. The molecule has 2 aromatic carbocycles. The van der Waals surface area contributed by atoms with Gasteiger partial charge in [-0.2, -0.15) is 0 Å². The third-order valence-corrected chi connectivity index (χ3v) is 4.15. The van der Waals surface area contributed by atoms with Crippen LogP contribution in [0, 0.1) is 11.7 Å². The second-order valence-electron chi connectivity index (χ2n) is 5.20. The molecule has 1 nitrogen and oxygen atoms in total. The summed E-state index contributed by atoms with van der Waals surface area (Å²) in [6.07, 6.45) is 2.34. The summed E-state index contributed by atoms with van der Waals surface area (Å²) in [5.74, 6) is -0.782. The Kier molecular flexibility index (Phi) is 3.58. The Bertz CT molecular complexity index is 666. The van der Waals surface area contributed by atoms with Gasteiger partial charge in [-0.3, -0.25) is 4.79 Å². The smallest absolute Gasteiger partial charge is 0.169 e. The molecule has 1 aliphatic rings. The lowest BCUT2D eigenvalue weighted by Crippen LogP contribution is -2.23. The fourth-order valence-corrected chi connectivity index (χ4v) is 2.99. The summed E-state index contributed by atoms with van der Waals surface area (Å²) in [6.45, 7) is 0. The summed E-state index contributed by atoms with van der Waals surface area (Å²) < 4.78 is 13.8. The van der Waals surface area contributed by atoms with Crippen molar-refractivity contribution in [2.45, 2.75) is 19.3 Å². The number of hydrogen-bond acceptors (Lipinski definition) is 1. The number of ketones is 1. The van der Waals surface area contributed by atoms with Crippen molar-refractivity contribution < 1.29 is 9.18 Å². The molecule has 0 N–H and O–H groups in total. The molecule has 0 spiro atoms. The van der Waals surface area contributed by atoms with Gasteiger partial charge in [-0.05, 0) is 48.6 Å². The van der Waals surface area contributed by atoms with Crippen molar-refractivity contribution in [3.63, 3.8) is 0 Å².